The van der Waals surface area contributed by atoms with Crippen LogP contribution in [-0.4, -0.2) is 11.5 Å². The predicted molar refractivity (Wildman–Crippen MR) is 81.5 cm³/mol. The third-order valence-corrected chi connectivity index (χ3v) is 4.64. The quantitative estimate of drug-likeness (QED) is 0.867. The highest BCUT2D eigenvalue weighted by atomic mass is 32.1. The fraction of sp³-hybridized carbons (Fsp3) is 0.533. The molecule has 0 bridgehead atoms. The smallest absolute Gasteiger partial charge is 0.183 e. The molecule has 0 amide bonds. The Balaban J connectivity index is 2.11. The molecule has 0 aliphatic rings. The lowest BCUT2D eigenvalue weighted by Gasteiger charge is -2.27. The second-order valence-electron chi connectivity index (χ2n) is 6.09. The van der Waals surface area contributed by atoms with Crippen molar-refractivity contribution in [2.24, 2.45) is 11.3 Å². The number of benzene rings is 1. The molecule has 2 rings (SSSR count). The van der Waals surface area contributed by atoms with E-state index in [1.165, 1.54) is 10.3 Å². The summed E-state index contributed by atoms with van der Waals surface area (Å²) in [5.41, 5.74) is 2.72. The lowest BCUT2D eigenvalue weighted by atomic mass is 9.82. The van der Waals surface area contributed by atoms with Crippen molar-refractivity contribution in [1.82, 2.24) is 4.98 Å². The number of hydrogen-bond donors (Lipinski definition) is 1. The highest BCUT2D eigenvalue weighted by molar-refractivity contribution is 7.22. The van der Waals surface area contributed by atoms with Crippen LogP contribution in [0.2, 0.25) is 0 Å². The number of aromatic nitrogens is 1. The van der Waals surface area contributed by atoms with Gasteiger partial charge in [-0.25, -0.2) is 4.98 Å². The van der Waals surface area contributed by atoms with E-state index >= 15 is 0 Å². The van der Waals surface area contributed by atoms with E-state index in [1.807, 2.05) is 0 Å². The third-order valence-electron chi connectivity index (χ3n) is 3.66. The number of rotatable bonds is 3. The SMILES string of the molecule is Cc1cccc2sc(NCC(C)C(C)(C)C)nc12. The summed E-state index contributed by atoms with van der Waals surface area (Å²) in [5.74, 6) is 0.616. The van der Waals surface area contributed by atoms with Crippen molar-refractivity contribution in [3.63, 3.8) is 0 Å². The summed E-state index contributed by atoms with van der Waals surface area (Å²) in [6.45, 7) is 12.2. The van der Waals surface area contributed by atoms with Gasteiger partial charge in [0.1, 0.15) is 0 Å². The van der Waals surface area contributed by atoms with E-state index in [0.717, 1.165) is 17.2 Å². The molecule has 98 valence electrons. The molecular weight excluding hydrogens is 240 g/mol. The first-order chi connectivity index (χ1) is 8.38. The molecule has 0 aliphatic carbocycles. The minimum atomic E-state index is 0.333. The Morgan fingerprint density at radius 2 is 2.06 bits per heavy atom. The minimum absolute atomic E-state index is 0.333. The van der Waals surface area contributed by atoms with E-state index in [-0.39, 0.29) is 0 Å². The van der Waals surface area contributed by atoms with Gasteiger partial charge in [-0.15, -0.1) is 0 Å². The Morgan fingerprint density at radius 1 is 1.33 bits per heavy atom. The maximum atomic E-state index is 4.67. The van der Waals surface area contributed by atoms with Crippen molar-refractivity contribution in [3.05, 3.63) is 23.8 Å². The Kier molecular flexibility index (Phi) is 3.62. The number of thiazole rings is 1. The van der Waals surface area contributed by atoms with Gasteiger partial charge < -0.3 is 5.32 Å². The van der Waals surface area contributed by atoms with Gasteiger partial charge in [-0.3, -0.25) is 0 Å². The summed E-state index contributed by atoms with van der Waals surface area (Å²) in [6, 6.07) is 6.35. The van der Waals surface area contributed by atoms with Gasteiger partial charge in [0.25, 0.3) is 0 Å². The Hall–Kier alpha value is -1.09. The van der Waals surface area contributed by atoms with Crippen LogP contribution in [-0.2, 0) is 0 Å². The van der Waals surface area contributed by atoms with Gasteiger partial charge in [-0.05, 0) is 29.9 Å². The Bertz CT molecular complexity index is 537. The molecule has 1 atom stereocenters. The lowest BCUT2D eigenvalue weighted by Crippen LogP contribution is -2.24. The number of nitrogens with one attached hydrogen (secondary N) is 1. The fourth-order valence-corrected chi connectivity index (χ4v) is 2.66. The largest absolute Gasteiger partial charge is 0.361 e. The van der Waals surface area contributed by atoms with Crippen LogP contribution < -0.4 is 5.32 Å². The normalized spacial score (nSPS) is 13.8. The van der Waals surface area contributed by atoms with Crippen LogP contribution in [0.4, 0.5) is 5.13 Å². The molecule has 3 heteroatoms. The molecule has 0 saturated carbocycles. The maximum absolute atomic E-state index is 4.67. The van der Waals surface area contributed by atoms with Crippen molar-refractivity contribution in [2.75, 3.05) is 11.9 Å². The average molecular weight is 262 g/mol. The van der Waals surface area contributed by atoms with Gasteiger partial charge in [-0.2, -0.15) is 0 Å². The van der Waals surface area contributed by atoms with Gasteiger partial charge in [0, 0.05) is 6.54 Å². The first kappa shape index (κ1) is 13.3. The van der Waals surface area contributed by atoms with Crippen LogP contribution in [0.5, 0.6) is 0 Å². The average Bonchev–Trinajstić information content (AvgIpc) is 2.69. The van der Waals surface area contributed by atoms with Crippen molar-refractivity contribution >= 4 is 26.7 Å². The standard InChI is InChI=1S/C15H22N2S/c1-10-7-6-8-12-13(10)17-14(18-12)16-9-11(2)15(3,4)5/h6-8,11H,9H2,1-5H3,(H,16,17). The summed E-state index contributed by atoms with van der Waals surface area (Å²) in [7, 11) is 0. The molecule has 0 aliphatic heterocycles. The van der Waals surface area contributed by atoms with Crippen molar-refractivity contribution < 1.29 is 0 Å². The number of fused-ring (bicyclic) bond motifs is 1. The van der Waals surface area contributed by atoms with Crippen molar-refractivity contribution in [2.45, 2.75) is 34.6 Å². The number of hydrogen-bond acceptors (Lipinski definition) is 3. The molecular formula is C15H22N2S. The van der Waals surface area contributed by atoms with E-state index in [0.29, 0.717) is 11.3 Å². The second kappa shape index (κ2) is 4.88. The molecule has 1 aromatic heterocycles. The summed E-state index contributed by atoms with van der Waals surface area (Å²) in [5, 5.41) is 4.51. The summed E-state index contributed by atoms with van der Waals surface area (Å²) in [6.07, 6.45) is 0. The third kappa shape index (κ3) is 2.83. The molecule has 1 heterocycles. The van der Waals surface area contributed by atoms with Gasteiger partial charge in [0.05, 0.1) is 10.2 Å². The van der Waals surface area contributed by atoms with Crippen LogP contribution in [0.1, 0.15) is 33.3 Å². The molecule has 0 saturated heterocycles. The maximum Gasteiger partial charge on any atom is 0.183 e. The Labute approximate surface area is 113 Å². The molecule has 1 unspecified atom stereocenters. The zero-order chi connectivity index (χ0) is 13.3. The lowest BCUT2D eigenvalue weighted by molar-refractivity contribution is 0.274. The van der Waals surface area contributed by atoms with Crippen LogP contribution in [0.15, 0.2) is 18.2 Å². The highest BCUT2D eigenvalue weighted by Crippen LogP contribution is 2.30. The first-order valence-electron chi connectivity index (χ1n) is 6.48. The molecule has 2 aromatic rings. The van der Waals surface area contributed by atoms with Gasteiger partial charge in [-0.1, -0.05) is 51.2 Å². The minimum Gasteiger partial charge on any atom is -0.361 e. The van der Waals surface area contributed by atoms with Crippen LogP contribution >= 0.6 is 11.3 Å². The second-order valence-corrected chi connectivity index (χ2v) is 7.12. The zero-order valence-electron chi connectivity index (χ0n) is 11.9. The molecule has 1 N–H and O–H groups in total. The summed E-state index contributed by atoms with van der Waals surface area (Å²) in [4.78, 5) is 4.67. The van der Waals surface area contributed by atoms with E-state index in [9.17, 15) is 0 Å². The highest BCUT2D eigenvalue weighted by Gasteiger charge is 2.19. The Morgan fingerprint density at radius 3 is 2.67 bits per heavy atom. The van der Waals surface area contributed by atoms with Crippen LogP contribution in [0.3, 0.4) is 0 Å². The first-order valence-corrected chi connectivity index (χ1v) is 7.29. The number of nitrogens with zero attached hydrogens (tertiary/aromatic N) is 1. The van der Waals surface area contributed by atoms with Crippen LogP contribution in [0.25, 0.3) is 10.2 Å². The number of para-hydroxylation sites is 1. The monoisotopic (exact) mass is 262 g/mol. The number of anilines is 1. The van der Waals surface area contributed by atoms with Gasteiger partial charge in [0.15, 0.2) is 5.13 Å². The molecule has 1 aromatic carbocycles. The molecule has 0 radical (unpaired) electrons. The van der Waals surface area contributed by atoms with Crippen LogP contribution in [0, 0.1) is 18.3 Å². The summed E-state index contributed by atoms with van der Waals surface area (Å²) < 4.78 is 1.26. The van der Waals surface area contributed by atoms with E-state index in [4.69, 9.17) is 0 Å². The number of aryl methyl sites for hydroxylation is 1. The fourth-order valence-electron chi connectivity index (χ4n) is 1.71. The zero-order valence-corrected chi connectivity index (χ0v) is 12.7. The molecule has 0 fully saturated rings. The van der Waals surface area contributed by atoms with Crippen molar-refractivity contribution in [1.29, 1.82) is 0 Å². The van der Waals surface area contributed by atoms with Gasteiger partial charge >= 0.3 is 0 Å². The van der Waals surface area contributed by atoms with E-state index in [1.54, 1.807) is 11.3 Å². The topological polar surface area (TPSA) is 24.9 Å². The predicted octanol–water partition coefficient (Wildman–Crippen LogP) is 4.70. The summed E-state index contributed by atoms with van der Waals surface area (Å²) >= 11 is 1.74. The molecule has 2 nitrogen and oxygen atoms in total. The van der Waals surface area contributed by atoms with Gasteiger partial charge in [0.2, 0.25) is 0 Å². The van der Waals surface area contributed by atoms with Crippen molar-refractivity contribution in [3.8, 4) is 0 Å². The molecule has 18 heavy (non-hydrogen) atoms. The van der Waals surface area contributed by atoms with E-state index < -0.39 is 0 Å². The molecule has 0 spiro atoms. The van der Waals surface area contributed by atoms with E-state index in [2.05, 4.69) is 63.1 Å².